The van der Waals surface area contributed by atoms with E-state index in [0.717, 1.165) is 29.5 Å². The standard InChI is InChI=1S/C28H47N3O4/c1-12-14-20(5)29-24(32)23(22-16-15-18(3)17-19(22)4)31(28(10,11)13-2)25(33)21(6)30-26(34)35-27(7,8)9/h15-17,20-21,23H,12-14H2,1-11H3,(H,29,32)(H,30,34). The third kappa shape index (κ3) is 8.86. The number of benzene rings is 1. The van der Waals surface area contributed by atoms with Crippen LogP contribution in [-0.2, 0) is 14.3 Å². The first-order chi connectivity index (χ1) is 16.0. The second-order valence-corrected chi connectivity index (χ2v) is 11.2. The van der Waals surface area contributed by atoms with Crippen LogP contribution in [0.5, 0.6) is 0 Å². The minimum absolute atomic E-state index is 0.0280. The van der Waals surface area contributed by atoms with Crippen molar-refractivity contribution in [2.75, 3.05) is 0 Å². The summed E-state index contributed by atoms with van der Waals surface area (Å²) in [6.07, 6.45) is 1.73. The van der Waals surface area contributed by atoms with E-state index in [1.807, 2.05) is 59.7 Å². The molecule has 198 valence electrons. The van der Waals surface area contributed by atoms with Gasteiger partial charge in [0.15, 0.2) is 0 Å². The van der Waals surface area contributed by atoms with Crippen molar-refractivity contribution < 1.29 is 19.1 Å². The molecule has 0 radical (unpaired) electrons. The monoisotopic (exact) mass is 489 g/mol. The molecule has 1 rings (SSSR count). The lowest BCUT2D eigenvalue weighted by molar-refractivity contribution is -0.149. The van der Waals surface area contributed by atoms with Crippen LogP contribution in [0, 0.1) is 13.8 Å². The van der Waals surface area contributed by atoms with Gasteiger partial charge in [-0.2, -0.15) is 0 Å². The summed E-state index contributed by atoms with van der Waals surface area (Å²) in [6, 6.07) is 4.15. The number of carbonyl (C=O) groups is 3. The first kappa shape index (κ1) is 30.5. The number of rotatable bonds is 10. The van der Waals surface area contributed by atoms with Crippen molar-refractivity contribution >= 4 is 17.9 Å². The molecule has 1 aromatic carbocycles. The predicted octanol–water partition coefficient (Wildman–Crippen LogP) is 5.58. The van der Waals surface area contributed by atoms with Crippen LogP contribution < -0.4 is 10.6 Å². The van der Waals surface area contributed by atoms with E-state index in [1.165, 1.54) is 0 Å². The molecule has 7 heteroatoms. The Morgan fingerprint density at radius 1 is 1.00 bits per heavy atom. The van der Waals surface area contributed by atoms with Crippen LogP contribution in [0.15, 0.2) is 18.2 Å². The van der Waals surface area contributed by atoms with Crippen molar-refractivity contribution in [3.8, 4) is 0 Å². The van der Waals surface area contributed by atoms with Crippen LogP contribution in [0.2, 0.25) is 0 Å². The second kappa shape index (κ2) is 12.4. The van der Waals surface area contributed by atoms with E-state index >= 15 is 0 Å². The zero-order valence-corrected chi connectivity index (χ0v) is 23.7. The number of alkyl carbamates (subject to hydrolysis) is 1. The number of carbonyl (C=O) groups excluding carboxylic acids is 3. The minimum Gasteiger partial charge on any atom is -0.444 e. The summed E-state index contributed by atoms with van der Waals surface area (Å²) < 4.78 is 5.35. The van der Waals surface area contributed by atoms with E-state index in [1.54, 1.807) is 32.6 Å². The Morgan fingerprint density at radius 2 is 1.60 bits per heavy atom. The third-order valence-electron chi connectivity index (χ3n) is 6.20. The fourth-order valence-corrected chi connectivity index (χ4v) is 4.06. The molecule has 0 aromatic heterocycles. The van der Waals surface area contributed by atoms with E-state index in [-0.39, 0.29) is 17.9 Å². The number of amides is 3. The normalized spacial score (nSPS) is 14.5. The average Bonchev–Trinajstić information content (AvgIpc) is 2.70. The average molecular weight is 490 g/mol. The molecular formula is C28H47N3O4. The Bertz CT molecular complexity index is 889. The molecule has 0 saturated heterocycles. The zero-order chi connectivity index (χ0) is 27.1. The van der Waals surface area contributed by atoms with Gasteiger partial charge in [-0.1, -0.05) is 44.0 Å². The van der Waals surface area contributed by atoms with Gasteiger partial charge < -0.3 is 20.3 Å². The Hall–Kier alpha value is -2.57. The number of nitrogens with one attached hydrogen (secondary N) is 2. The van der Waals surface area contributed by atoms with Gasteiger partial charge in [0.25, 0.3) is 0 Å². The highest BCUT2D eigenvalue weighted by molar-refractivity contribution is 5.92. The van der Waals surface area contributed by atoms with Gasteiger partial charge in [0.1, 0.15) is 17.7 Å². The number of ether oxygens (including phenoxy) is 1. The van der Waals surface area contributed by atoms with Gasteiger partial charge >= 0.3 is 6.09 Å². The maximum absolute atomic E-state index is 13.9. The summed E-state index contributed by atoms with van der Waals surface area (Å²) >= 11 is 0. The molecule has 0 aliphatic carbocycles. The maximum atomic E-state index is 13.9. The quantitative estimate of drug-likeness (QED) is 0.449. The molecule has 1 aromatic rings. The lowest BCUT2D eigenvalue weighted by Gasteiger charge is -2.44. The van der Waals surface area contributed by atoms with Gasteiger partial charge in [0.05, 0.1) is 0 Å². The van der Waals surface area contributed by atoms with Gasteiger partial charge in [-0.15, -0.1) is 0 Å². The summed E-state index contributed by atoms with van der Waals surface area (Å²) in [5.41, 5.74) is 1.44. The van der Waals surface area contributed by atoms with E-state index in [4.69, 9.17) is 4.74 Å². The van der Waals surface area contributed by atoms with Gasteiger partial charge in [-0.3, -0.25) is 9.59 Å². The molecule has 0 bridgehead atoms. The largest absolute Gasteiger partial charge is 0.444 e. The summed E-state index contributed by atoms with van der Waals surface area (Å²) in [4.78, 5) is 41.8. The molecule has 3 atom stereocenters. The van der Waals surface area contributed by atoms with Gasteiger partial charge in [-0.25, -0.2) is 4.79 Å². The van der Waals surface area contributed by atoms with E-state index < -0.39 is 29.3 Å². The van der Waals surface area contributed by atoms with Crippen molar-refractivity contribution in [1.29, 1.82) is 0 Å². The first-order valence-corrected chi connectivity index (χ1v) is 12.7. The molecule has 0 spiro atoms. The molecule has 0 aliphatic rings. The molecule has 0 aliphatic heterocycles. The topological polar surface area (TPSA) is 87.7 Å². The Morgan fingerprint density at radius 3 is 2.09 bits per heavy atom. The fourth-order valence-electron chi connectivity index (χ4n) is 4.06. The van der Waals surface area contributed by atoms with E-state index in [2.05, 4.69) is 17.6 Å². The van der Waals surface area contributed by atoms with Crippen LogP contribution in [-0.4, -0.2) is 46.0 Å². The second-order valence-electron chi connectivity index (χ2n) is 11.2. The highest BCUT2D eigenvalue weighted by Crippen LogP contribution is 2.34. The van der Waals surface area contributed by atoms with Crippen LogP contribution in [0.1, 0.15) is 104 Å². The number of nitrogens with zero attached hydrogens (tertiary/aromatic N) is 1. The molecule has 35 heavy (non-hydrogen) atoms. The maximum Gasteiger partial charge on any atom is 0.408 e. The summed E-state index contributed by atoms with van der Waals surface area (Å²) in [6.45, 7) is 20.8. The van der Waals surface area contributed by atoms with E-state index in [0.29, 0.717) is 6.42 Å². The molecule has 0 heterocycles. The smallest absolute Gasteiger partial charge is 0.408 e. The molecular weight excluding hydrogens is 442 g/mol. The van der Waals surface area contributed by atoms with Crippen LogP contribution in [0.25, 0.3) is 0 Å². The van der Waals surface area contributed by atoms with Crippen LogP contribution >= 0.6 is 0 Å². The van der Waals surface area contributed by atoms with E-state index in [9.17, 15) is 14.4 Å². The molecule has 0 saturated carbocycles. The minimum atomic E-state index is -0.884. The van der Waals surface area contributed by atoms with Gasteiger partial charge in [-0.05, 0) is 86.3 Å². The van der Waals surface area contributed by atoms with Gasteiger partial charge in [0.2, 0.25) is 11.8 Å². The lowest BCUT2D eigenvalue weighted by atomic mass is 9.90. The fraction of sp³-hybridized carbons (Fsp3) is 0.679. The summed E-state index contributed by atoms with van der Waals surface area (Å²) in [7, 11) is 0. The van der Waals surface area contributed by atoms with Crippen molar-refractivity contribution in [1.82, 2.24) is 15.5 Å². The molecule has 0 fully saturated rings. The number of hydrogen-bond acceptors (Lipinski definition) is 4. The number of aryl methyl sites for hydroxylation is 2. The first-order valence-electron chi connectivity index (χ1n) is 12.7. The SMILES string of the molecule is CCCC(C)NC(=O)C(c1ccc(C)cc1C)N(C(=O)C(C)NC(=O)OC(C)(C)C)C(C)(C)CC. The Balaban J connectivity index is 3.54. The molecule has 7 nitrogen and oxygen atoms in total. The Kier molecular flexibility index (Phi) is 10.8. The zero-order valence-electron chi connectivity index (χ0n) is 23.7. The summed E-state index contributed by atoms with van der Waals surface area (Å²) in [5, 5.41) is 5.78. The lowest BCUT2D eigenvalue weighted by Crippen LogP contribution is -2.59. The van der Waals surface area contributed by atoms with Crippen molar-refractivity contribution in [3.63, 3.8) is 0 Å². The molecule has 2 N–H and O–H groups in total. The van der Waals surface area contributed by atoms with Crippen molar-refractivity contribution in [2.24, 2.45) is 0 Å². The van der Waals surface area contributed by atoms with Crippen LogP contribution in [0.3, 0.4) is 0 Å². The summed E-state index contributed by atoms with van der Waals surface area (Å²) in [5.74, 6) is -0.566. The third-order valence-corrected chi connectivity index (χ3v) is 6.20. The predicted molar refractivity (Wildman–Crippen MR) is 141 cm³/mol. The highest BCUT2D eigenvalue weighted by atomic mass is 16.6. The van der Waals surface area contributed by atoms with Crippen molar-refractivity contribution in [3.05, 3.63) is 34.9 Å². The van der Waals surface area contributed by atoms with Crippen LogP contribution in [0.4, 0.5) is 4.79 Å². The van der Waals surface area contributed by atoms with Gasteiger partial charge in [0, 0.05) is 11.6 Å². The molecule has 3 unspecified atom stereocenters. The number of hydrogen-bond donors (Lipinski definition) is 2. The highest BCUT2D eigenvalue weighted by Gasteiger charge is 2.42. The van der Waals surface area contributed by atoms with Crippen molar-refractivity contribution in [2.45, 2.75) is 125 Å². The Labute approximate surface area is 212 Å². The molecule has 3 amide bonds.